The van der Waals surface area contributed by atoms with E-state index in [9.17, 15) is 4.79 Å². The van der Waals surface area contributed by atoms with Gasteiger partial charge in [0.1, 0.15) is 12.2 Å². The van der Waals surface area contributed by atoms with E-state index in [0.717, 1.165) is 11.3 Å². The molecular formula is C16H17NO4. The molecule has 0 fully saturated rings. The van der Waals surface area contributed by atoms with Gasteiger partial charge in [0, 0.05) is 6.20 Å². The van der Waals surface area contributed by atoms with E-state index in [4.69, 9.17) is 14.2 Å². The number of methoxy groups -OCH3 is 2. The first-order valence-corrected chi connectivity index (χ1v) is 6.46. The minimum absolute atomic E-state index is 0.247. The maximum atomic E-state index is 11.8. The average Bonchev–Trinajstić information content (AvgIpc) is 2.53. The third-order valence-corrected chi connectivity index (χ3v) is 3.08. The summed E-state index contributed by atoms with van der Waals surface area (Å²) in [5.41, 5.74) is 2.15. The number of esters is 1. The molecule has 0 saturated heterocycles. The summed E-state index contributed by atoms with van der Waals surface area (Å²) < 4.78 is 15.8. The summed E-state index contributed by atoms with van der Waals surface area (Å²) in [5, 5.41) is 0. The van der Waals surface area contributed by atoms with Crippen molar-refractivity contribution in [1.82, 2.24) is 4.98 Å². The van der Waals surface area contributed by atoms with Crippen molar-refractivity contribution in [2.45, 2.75) is 13.5 Å². The molecule has 110 valence electrons. The summed E-state index contributed by atoms with van der Waals surface area (Å²) in [6, 6.07) is 8.89. The summed E-state index contributed by atoms with van der Waals surface area (Å²) in [5.74, 6) is 0.366. The van der Waals surface area contributed by atoms with Crippen molar-refractivity contribution in [1.29, 1.82) is 0 Å². The van der Waals surface area contributed by atoms with Crippen molar-refractivity contribution in [3.8, 4) is 11.5 Å². The molecule has 0 aliphatic heterocycles. The van der Waals surface area contributed by atoms with Crippen LogP contribution in [0.15, 0.2) is 36.5 Å². The molecule has 0 unspecified atom stereocenters. The van der Waals surface area contributed by atoms with Gasteiger partial charge in [0.25, 0.3) is 0 Å². The van der Waals surface area contributed by atoms with Crippen LogP contribution in [0.5, 0.6) is 11.5 Å². The zero-order chi connectivity index (χ0) is 15.2. The van der Waals surface area contributed by atoms with E-state index in [1.54, 1.807) is 24.4 Å². The van der Waals surface area contributed by atoms with E-state index >= 15 is 0 Å². The van der Waals surface area contributed by atoms with Crippen molar-refractivity contribution >= 4 is 5.97 Å². The first kappa shape index (κ1) is 14.8. The van der Waals surface area contributed by atoms with Gasteiger partial charge in [-0.1, -0.05) is 12.1 Å². The fourth-order valence-corrected chi connectivity index (χ4v) is 1.91. The van der Waals surface area contributed by atoms with E-state index in [0.29, 0.717) is 17.1 Å². The Hall–Kier alpha value is -2.56. The molecule has 0 atom stereocenters. The van der Waals surface area contributed by atoms with Crippen LogP contribution >= 0.6 is 0 Å². The Morgan fingerprint density at radius 1 is 1.19 bits per heavy atom. The third kappa shape index (κ3) is 3.31. The third-order valence-electron chi connectivity index (χ3n) is 3.08. The SMILES string of the molecule is COC(=O)c1cccc(OC)c1OCc1ncccc1C. The van der Waals surface area contributed by atoms with Crippen LogP contribution in [0.4, 0.5) is 0 Å². The van der Waals surface area contributed by atoms with Gasteiger partial charge in [-0.15, -0.1) is 0 Å². The molecule has 2 rings (SSSR count). The van der Waals surface area contributed by atoms with E-state index in [2.05, 4.69) is 4.98 Å². The van der Waals surface area contributed by atoms with Gasteiger partial charge in [-0.05, 0) is 30.7 Å². The Morgan fingerprint density at radius 2 is 2.00 bits per heavy atom. The van der Waals surface area contributed by atoms with Crippen molar-refractivity contribution in [3.63, 3.8) is 0 Å². The highest BCUT2D eigenvalue weighted by Gasteiger charge is 2.18. The maximum Gasteiger partial charge on any atom is 0.341 e. The van der Waals surface area contributed by atoms with Crippen LogP contribution in [0.1, 0.15) is 21.6 Å². The van der Waals surface area contributed by atoms with Crippen LogP contribution in [0.25, 0.3) is 0 Å². The van der Waals surface area contributed by atoms with Gasteiger partial charge in [-0.25, -0.2) is 4.79 Å². The lowest BCUT2D eigenvalue weighted by Crippen LogP contribution is -2.08. The quantitative estimate of drug-likeness (QED) is 0.791. The van der Waals surface area contributed by atoms with Crippen LogP contribution in [0, 0.1) is 6.92 Å². The minimum atomic E-state index is -0.471. The number of rotatable bonds is 5. The van der Waals surface area contributed by atoms with Gasteiger partial charge in [-0.3, -0.25) is 4.98 Å². The van der Waals surface area contributed by atoms with Crippen molar-refractivity contribution in [3.05, 3.63) is 53.3 Å². The Morgan fingerprint density at radius 3 is 2.67 bits per heavy atom. The molecule has 5 heteroatoms. The summed E-state index contributed by atoms with van der Waals surface area (Å²) in [6.45, 7) is 2.20. The Bertz CT molecular complexity index is 640. The number of aryl methyl sites for hydroxylation is 1. The van der Waals surface area contributed by atoms with E-state index in [-0.39, 0.29) is 6.61 Å². The van der Waals surface area contributed by atoms with Gasteiger partial charge in [0.05, 0.1) is 19.9 Å². The second-order valence-electron chi connectivity index (χ2n) is 4.38. The number of aromatic nitrogens is 1. The molecule has 0 amide bonds. The summed E-state index contributed by atoms with van der Waals surface area (Å²) in [4.78, 5) is 16.1. The second kappa shape index (κ2) is 6.74. The average molecular weight is 287 g/mol. The Labute approximate surface area is 123 Å². The number of ether oxygens (including phenoxy) is 3. The lowest BCUT2D eigenvalue weighted by molar-refractivity contribution is 0.0594. The molecule has 0 N–H and O–H groups in total. The lowest BCUT2D eigenvalue weighted by atomic mass is 10.2. The Balaban J connectivity index is 2.30. The van der Waals surface area contributed by atoms with Gasteiger partial charge in [0.15, 0.2) is 11.5 Å². The molecule has 1 heterocycles. The fraction of sp³-hybridized carbons (Fsp3) is 0.250. The molecular weight excluding hydrogens is 270 g/mol. The number of benzene rings is 1. The normalized spacial score (nSPS) is 10.0. The molecule has 5 nitrogen and oxygen atoms in total. The summed E-state index contributed by atoms with van der Waals surface area (Å²) in [7, 11) is 2.85. The summed E-state index contributed by atoms with van der Waals surface area (Å²) in [6.07, 6.45) is 1.70. The number of carbonyl (C=O) groups excluding carboxylic acids is 1. The van der Waals surface area contributed by atoms with Crippen LogP contribution in [0.2, 0.25) is 0 Å². The highest BCUT2D eigenvalue weighted by molar-refractivity contribution is 5.93. The zero-order valence-electron chi connectivity index (χ0n) is 12.3. The monoisotopic (exact) mass is 287 g/mol. The molecule has 0 saturated carbocycles. The molecule has 0 aliphatic rings. The van der Waals surface area contributed by atoms with E-state index in [1.807, 2.05) is 19.1 Å². The first-order valence-electron chi connectivity index (χ1n) is 6.46. The van der Waals surface area contributed by atoms with Crippen LogP contribution in [0.3, 0.4) is 0 Å². The van der Waals surface area contributed by atoms with Crippen molar-refractivity contribution < 1.29 is 19.0 Å². The molecule has 0 radical (unpaired) electrons. The van der Waals surface area contributed by atoms with Gasteiger partial charge in [0.2, 0.25) is 0 Å². The number of pyridine rings is 1. The highest BCUT2D eigenvalue weighted by Crippen LogP contribution is 2.32. The molecule has 21 heavy (non-hydrogen) atoms. The largest absolute Gasteiger partial charge is 0.493 e. The topological polar surface area (TPSA) is 57.7 Å². The predicted octanol–water partition coefficient (Wildman–Crippen LogP) is 2.76. The van der Waals surface area contributed by atoms with Crippen LogP contribution in [-0.2, 0) is 11.3 Å². The number of nitrogens with zero attached hydrogens (tertiary/aromatic N) is 1. The summed E-state index contributed by atoms with van der Waals surface area (Å²) >= 11 is 0. The molecule has 1 aromatic heterocycles. The lowest BCUT2D eigenvalue weighted by Gasteiger charge is -2.14. The highest BCUT2D eigenvalue weighted by atomic mass is 16.5. The smallest absolute Gasteiger partial charge is 0.341 e. The maximum absolute atomic E-state index is 11.8. The Kier molecular flexibility index (Phi) is 4.77. The van der Waals surface area contributed by atoms with Crippen molar-refractivity contribution in [2.24, 2.45) is 0 Å². The number of para-hydroxylation sites is 1. The predicted molar refractivity (Wildman–Crippen MR) is 77.6 cm³/mol. The number of carbonyl (C=O) groups is 1. The van der Waals surface area contributed by atoms with E-state index < -0.39 is 5.97 Å². The molecule has 0 aliphatic carbocycles. The second-order valence-corrected chi connectivity index (χ2v) is 4.38. The zero-order valence-corrected chi connectivity index (χ0v) is 12.3. The van der Waals surface area contributed by atoms with Crippen molar-refractivity contribution in [2.75, 3.05) is 14.2 Å². The van der Waals surface area contributed by atoms with Gasteiger partial charge < -0.3 is 14.2 Å². The van der Waals surface area contributed by atoms with Gasteiger partial charge in [-0.2, -0.15) is 0 Å². The minimum Gasteiger partial charge on any atom is -0.493 e. The molecule has 0 bridgehead atoms. The molecule has 2 aromatic rings. The fourth-order valence-electron chi connectivity index (χ4n) is 1.91. The number of hydrogen-bond acceptors (Lipinski definition) is 5. The molecule has 0 spiro atoms. The number of hydrogen-bond donors (Lipinski definition) is 0. The first-order chi connectivity index (χ1) is 10.2. The standard InChI is InChI=1S/C16H17NO4/c1-11-6-5-9-17-13(11)10-21-15-12(16(18)20-3)7-4-8-14(15)19-2/h4-9H,10H2,1-3H3. The van der Waals surface area contributed by atoms with E-state index in [1.165, 1.54) is 14.2 Å². The van der Waals surface area contributed by atoms with Crippen LogP contribution < -0.4 is 9.47 Å². The van der Waals surface area contributed by atoms with Crippen LogP contribution in [-0.4, -0.2) is 25.2 Å². The van der Waals surface area contributed by atoms with Gasteiger partial charge >= 0.3 is 5.97 Å². The molecule has 1 aromatic carbocycles.